The van der Waals surface area contributed by atoms with Crippen molar-refractivity contribution in [1.82, 2.24) is 4.90 Å². The second-order valence-electron chi connectivity index (χ2n) is 6.79. The highest BCUT2D eigenvalue weighted by molar-refractivity contribution is 6.08. The van der Waals surface area contributed by atoms with E-state index in [9.17, 15) is 9.59 Å². The molecular formula is C20H21N3O3. The number of nitrogens with one attached hydrogen (secondary N) is 1. The van der Waals surface area contributed by atoms with Crippen LogP contribution in [0.2, 0.25) is 0 Å². The Hall–Kier alpha value is -3.02. The van der Waals surface area contributed by atoms with Crippen molar-refractivity contribution in [2.75, 3.05) is 37.5 Å². The van der Waals surface area contributed by atoms with E-state index in [1.54, 1.807) is 48.2 Å². The number of benzene rings is 2. The first-order valence-corrected chi connectivity index (χ1v) is 8.63. The number of hydrogen-bond acceptors (Lipinski definition) is 3. The third kappa shape index (κ3) is 2.41. The van der Waals surface area contributed by atoms with Crippen molar-refractivity contribution in [1.29, 1.82) is 0 Å². The van der Waals surface area contributed by atoms with Gasteiger partial charge in [0, 0.05) is 31.5 Å². The van der Waals surface area contributed by atoms with Crippen LogP contribution in [0.15, 0.2) is 48.5 Å². The number of likely N-dealkylation sites (N-methyl/N-ethyl adjacent to an activating group) is 1. The van der Waals surface area contributed by atoms with Crippen LogP contribution in [0, 0.1) is 0 Å². The first-order valence-electron chi connectivity index (χ1n) is 8.63. The van der Waals surface area contributed by atoms with Crippen LogP contribution in [0.1, 0.15) is 12.0 Å². The lowest BCUT2D eigenvalue weighted by Crippen LogP contribution is -2.42. The number of para-hydroxylation sites is 1. The fraction of sp³-hybridized carbons (Fsp3) is 0.300. The summed E-state index contributed by atoms with van der Waals surface area (Å²) in [5, 5.41) is 2.90. The SMILES string of the molecule is COc1ccc(NC(=O)N2CCC3(C2)C(=O)N(C)c2ccccc23)cc1. The van der Waals surface area contributed by atoms with E-state index in [4.69, 9.17) is 4.74 Å². The van der Waals surface area contributed by atoms with Gasteiger partial charge in [0.2, 0.25) is 5.91 Å². The standard InChI is InChI=1S/C20H21N3O3/c1-22-17-6-4-3-5-16(17)20(18(22)24)11-12-23(13-20)19(25)21-14-7-9-15(26-2)10-8-14/h3-10H,11-13H2,1-2H3,(H,21,25). The lowest BCUT2D eigenvalue weighted by molar-refractivity contribution is -0.122. The summed E-state index contributed by atoms with van der Waals surface area (Å²) in [6, 6.07) is 14.9. The molecule has 0 saturated carbocycles. The molecule has 1 unspecified atom stereocenters. The summed E-state index contributed by atoms with van der Waals surface area (Å²) >= 11 is 0. The van der Waals surface area contributed by atoms with E-state index in [1.807, 2.05) is 24.3 Å². The van der Waals surface area contributed by atoms with Crippen LogP contribution < -0.4 is 15.0 Å². The maximum absolute atomic E-state index is 12.9. The molecule has 2 aromatic rings. The van der Waals surface area contributed by atoms with Gasteiger partial charge in [-0.15, -0.1) is 0 Å². The lowest BCUT2D eigenvalue weighted by atomic mass is 9.81. The van der Waals surface area contributed by atoms with E-state index in [0.29, 0.717) is 25.2 Å². The van der Waals surface area contributed by atoms with Gasteiger partial charge in [0.15, 0.2) is 0 Å². The lowest BCUT2D eigenvalue weighted by Gasteiger charge is -2.23. The predicted molar refractivity (Wildman–Crippen MR) is 99.7 cm³/mol. The number of fused-ring (bicyclic) bond motifs is 2. The number of methoxy groups -OCH3 is 1. The Labute approximate surface area is 152 Å². The largest absolute Gasteiger partial charge is 0.497 e. The highest BCUT2D eigenvalue weighted by atomic mass is 16.5. The summed E-state index contributed by atoms with van der Waals surface area (Å²) in [6.07, 6.45) is 0.642. The second kappa shape index (κ2) is 6.05. The summed E-state index contributed by atoms with van der Waals surface area (Å²) in [5.41, 5.74) is 2.04. The van der Waals surface area contributed by atoms with Crippen LogP contribution in [-0.2, 0) is 10.2 Å². The molecule has 1 saturated heterocycles. The minimum Gasteiger partial charge on any atom is -0.497 e. The summed E-state index contributed by atoms with van der Waals surface area (Å²) in [4.78, 5) is 29.0. The molecule has 1 N–H and O–H groups in total. The number of carbonyl (C=O) groups excluding carboxylic acids is 2. The number of carbonyl (C=O) groups is 2. The van der Waals surface area contributed by atoms with Crippen molar-refractivity contribution in [3.63, 3.8) is 0 Å². The van der Waals surface area contributed by atoms with Gasteiger partial charge in [0.1, 0.15) is 5.75 Å². The van der Waals surface area contributed by atoms with Crippen LogP contribution in [-0.4, -0.2) is 44.1 Å². The number of likely N-dealkylation sites (tertiary alicyclic amines) is 1. The number of nitrogens with zero attached hydrogens (tertiary/aromatic N) is 2. The number of urea groups is 1. The minimum atomic E-state index is -0.622. The first kappa shape index (κ1) is 16.4. The van der Waals surface area contributed by atoms with Crippen molar-refractivity contribution in [3.05, 3.63) is 54.1 Å². The monoisotopic (exact) mass is 351 g/mol. The molecule has 134 valence electrons. The molecule has 2 aliphatic heterocycles. The van der Waals surface area contributed by atoms with Crippen LogP contribution >= 0.6 is 0 Å². The van der Waals surface area contributed by atoms with Crippen molar-refractivity contribution in [2.24, 2.45) is 0 Å². The summed E-state index contributed by atoms with van der Waals surface area (Å²) in [7, 11) is 3.40. The maximum atomic E-state index is 12.9. The van der Waals surface area contributed by atoms with Gasteiger partial charge in [-0.05, 0) is 42.3 Å². The normalized spacial score (nSPS) is 21.2. The molecule has 26 heavy (non-hydrogen) atoms. The van der Waals surface area contributed by atoms with Gasteiger partial charge < -0.3 is 19.9 Å². The average Bonchev–Trinajstić information content (AvgIpc) is 3.21. The molecule has 6 nitrogen and oxygen atoms in total. The van der Waals surface area contributed by atoms with E-state index < -0.39 is 5.41 Å². The third-order valence-electron chi connectivity index (χ3n) is 5.39. The number of ether oxygens (including phenoxy) is 1. The molecule has 0 radical (unpaired) electrons. The van der Waals surface area contributed by atoms with Crippen LogP contribution in [0.5, 0.6) is 5.75 Å². The van der Waals surface area contributed by atoms with E-state index in [2.05, 4.69) is 5.32 Å². The molecule has 2 aromatic carbocycles. The van der Waals surface area contributed by atoms with Gasteiger partial charge in [-0.2, -0.15) is 0 Å². The Morgan fingerprint density at radius 1 is 1.15 bits per heavy atom. The van der Waals surface area contributed by atoms with Gasteiger partial charge in [0.25, 0.3) is 0 Å². The van der Waals surface area contributed by atoms with E-state index >= 15 is 0 Å². The van der Waals surface area contributed by atoms with E-state index in [0.717, 1.165) is 17.0 Å². The molecule has 2 aliphatic rings. The fourth-order valence-electron chi connectivity index (χ4n) is 3.97. The third-order valence-corrected chi connectivity index (χ3v) is 5.39. The van der Waals surface area contributed by atoms with Crippen LogP contribution in [0.3, 0.4) is 0 Å². The van der Waals surface area contributed by atoms with E-state index in [-0.39, 0.29) is 11.9 Å². The summed E-state index contributed by atoms with van der Waals surface area (Å²) < 4.78 is 5.13. The molecule has 1 spiro atoms. The zero-order chi connectivity index (χ0) is 18.3. The van der Waals surface area contributed by atoms with Crippen molar-refractivity contribution >= 4 is 23.3 Å². The highest BCUT2D eigenvalue weighted by Gasteiger charge is 2.54. The molecule has 6 heteroatoms. The predicted octanol–water partition coefficient (Wildman–Crippen LogP) is 2.85. The zero-order valence-corrected chi connectivity index (χ0v) is 14.9. The number of hydrogen-bond donors (Lipinski definition) is 1. The van der Waals surface area contributed by atoms with Crippen LogP contribution in [0.4, 0.5) is 16.2 Å². The Kier molecular flexibility index (Phi) is 3.83. The molecule has 1 fully saturated rings. The Morgan fingerprint density at radius 3 is 2.62 bits per heavy atom. The van der Waals surface area contributed by atoms with Gasteiger partial charge in [0.05, 0.1) is 12.5 Å². The van der Waals surface area contributed by atoms with Crippen molar-refractivity contribution < 1.29 is 14.3 Å². The van der Waals surface area contributed by atoms with Gasteiger partial charge >= 0.3 is 6.03 Å². The second-order valence-corrected chi connectivity index (χ2v) is 6.79. The van der Waals surface area contributed by atoms with Crippen molar-refractivity contribution in [2.45, 2.75) is 11.8 Å². The fourth-order valence-corrected chi connectivity index (χ4v) is 3.97. The zero-order valence-electron chi connectivity index (χ0n) is 14.9. The molecule has 2 heterocycles. The highest BCUT2D eigenvalue weighted by Crippen LogP contribution is 2.46. The summed E-state index contributed by atoms with van der Waals surface area (Å²) in [6.45, 7) is 0.949. The topological polar surface area (TPSA) is 61.9 Å². The van der Waals surface area contributed by atoms with Gasteiger partial charge in [-0.1, -0.05) is 18.2 Å². The number of anilines is 2. The Bertz CT molecular complexity index is 865. The Morgan fingerprint density at radius 2 is 1.88 bits per heavy atom. The molecule has 0 aromatic heterocycles. The maximum Gasteiger partial charge on any atom is 0.321 e. The molecular weight excluding hydrogens is 330 g/mol. The van der Waals surface area contributed by atoms with Gasteiger partial charge in [-0.25, -0.2) is 4.79 Å². The molecule has 4 rings (SSSR count). The van der Waals surface area contributed by atoms with Crippen molar-refractivity contribution in [3.8, 4) is 5.75 Å². The molecule has 1 atom stereocenters. The van der Waals surface area contributed by atoms with E-state index in [1.165, 1.54) is 0 Å². The molecule has 3 amide bonds. The quantitative estimate of drug-likeness (QED) is 0.905. The minimum absolute atomic E-state index is 0.0680. The number of rotatable bonds is 2. The smallest absolute Gasteiger partial charge is 0.321 e. The first-order chi connectivity index (χ1) is 12.5. The van der Waals surface area contributed by atoms with Crippen LogP contribution in [0.25, 0.3) is 0 Å². The average molecular weight is 351 g/mol. The summed E-state index contributed by atoms with van der Waals surface area (Å²) in [5.74, 6) is 0.803. The molecule has 0 bridgehead atoms. The number of amides is 3. The molecule has 0 aliphatic carbocycles. The van der Waals surface area contributed by atoms with Gasteiger partial charge in [-0.3, -0.25) is 4.79 Å². The Balaban J connectivity index is 1.53.